The third-order valence-electron chi connectivity index (χ3n) is 2.77. The molecule has 20 heavy (non-hydrogen) atoms. The summed E-state index contributed by atoms with van der Waals surface area (Å²) in [5.74, 6) is -0.0363. The molecular formula is C12H15N5O2S. The van der Waals surface area contributed by atoms with E-state index in [0.29, 0.717) is 11.4 Å². The first-order valence-electron chi connectivity index (χ1n) is 5.91. The maximum atomic E-state index is 12.2. The molecule has 2 aromatic rings. The molecule has 1 heterocycles. The molecular weight excluding hydrogens is 278 g/mol. The van der Waals surface area contributed by atoms with Crippen molar-refractivity contribution in [1.29, 1.82) is 0 Å². The van der Waals surface area contributed by atoms with Gasteiger partial charge in [0.05, 0.1) is 16.3 Å². The highest BCUT2D eigenvalue weighted by atomic mass is 32.2. The zero-order chi connectivity index (χ0) is 14.8. The molecule has 7 nitrogen and oxygen atoms in total. The fraction of sp³-hybridized carbons (Fsp3) is 0.250. The first kappa shape index (κ1) is 14.2. The summed E-state index contributed by atoms with van der Waals surface area (Å²) in [5.41, 5.74) is 2.11. The Bertz CT molecular complexity index is 713. The van der Waals surface area contributed by atoms with Crippen LogP contribution in [0.1, 0.15) is 11.4 Å². The van der Waals surface area contributed by atoms with Crippen molar-refractivity contribution in [3.63, 3.8) is 0 Å². The normalized spacial score (nSPS) is 11.2. The van der Waals surface area contributed by atoms with Crippen molar-refractivity contribution in [3.05, 3.63) is 35.7 Å². The molecule has 0 amide bonds. The number of nitrogens with one attached hydrogen (secondary N) is 2. The fourth-order valence-electron chi connectivity index (χ4n) is 1.48. The molecule has 8 heteroatoms. The van der Waals surface area contributed by atoms with E-state index in [1.165, 1.54) is 12.1 Å². The van der Waals surface area contributed by atoms with Gasteiger partial charge in [-0.05, 0) is 38.1 Å². The van der Waals surface area contributed by atoms with Crippen LogP contribution in [-0.2, 0) is 10.0 Å². The van der Waals surface area contributed by atoms with Crippen molar-refractivity contribution < 1.29 is 8.42 Å². The summed E-state index contributed by atoms with van der Waals surface area (Å²) in [6.45, 7) is 3.49. The molecule has 106 valence electrons. The average Bonchev–Trinajstić information content (AvgIpc) is 2.43. The van der Waals surface area contributed by atoms with Crippen molar-refractivity contribution in [2.75, 3.05) is 17.1 Å². The number of aromatic nitrogens is 3. The number of benzene rings is 1. The molecule has 0 bridgehead atoms. The van der Waals surface area contributed by atoms with E-state index in [0.717, 1.165) is 5.69 Å². The molecule has 0 spiro atoms. The minimum atomic E-state index is -3.71. The minimum absolute atomic E-state index is 0.0363. The maximum absolute atomic E-state index is 12.2. The van der Waals surface area contributed by atoms with E-state index < -0.39 is 10.0 Å². The topological polar surface area (TPSA) is 96.9 Å². The van der Waals surface area contributed by atoms with Crippen molar-refractivity contribution in [2.24, 2.45) is 0 Å². The average molecular weight is 293 g/mol. The van der Waals surface area contributed by atoms with Crippen molar-refractivity contribution in [1.82, 2.24) is 15.2 Å². The number of aryl methyl sites for hydroxylation is 2. The van der Waals surface area contributed by atoms with Gasteiger partial charge in [0.25, 0.3) is 16.0 Å². The van der Waals surface area contributed by atoms with Crippen LogP contribution >= 0.6 is 0 Å². The van der Waals surface area contributed by atoms with Gasteiger partial charge in [0.15, 0.2) is 0 Å². The van der Waals surface area contributed by atoms with Gasteiger partial charge >= 0.3 is 0 Å². The standard InChI is InChI=1S/C12H15N5O2S/c1-8-9(2)15-16-12(14-8)17-20(18,19)11-6-4-10(13-3)5-7-11/h4-7,13H,1-3H3,(H,14,16,17). The maximum Gasteiger partial charge on any atom is 0.264 e. The van der Waals surface area contributed by atoms with Gasteiger partial charge in [0.2, 0.25) is 0 Å². The van der Waals surface area contributed by atoms with Crippen LogP contribution in [0.3, 0.4) is 0 Å². The third-order valence-corrected chi connectivity index (χ3v) is 4.11. The van der Waals surface area contributed by atoms with Crippen molar-refractivity contribution in [3.8, 4) is 0 Å². The molecule has 0 fully saturated rings. The van der Waals surface area contributed by atoms with E-state index in [2.05, 4.69) is 25.2 Å². The van der Waals surface area contributed by atoms with Crippen LogP contribution in [0.25, 0.3) is 0 Å². The summed E-state index contributed by atoms with van der Waals surface area (Å²) in [6, 6.07) is 6.35. The molecule has 1 aromatic carbocycles. The van der Waals surface area contributed by atoms with Gasteiger partial charge < -0.3 is 5.32 Å². The largest absolute Gasteiger partial charge is 0.388 e. The minimum Gasteiger partial charge on any atom is -0.388 e. The van der Waals surface area contributed by atoms with Crippen molar-refractivity contribution in [2.45, 2.75) is 18.7 Å². The lowest BCUT2D eigenvalue weighted by atomic mass is 10.3. The highest BCUT2D eigenvalue weighted by Crippen LogP contribution is 2.16. The number of sulfonamides is 1. The molecule has 0 atom stereocenters. The predicted molar refractivity (Wildman–Crippen MR) is 76.1 cm³/mol. The fourth-order valence-corrected chi connectivity index (χ4v) is 2.42. The number of rotatable bonds is 4. The monoisotopic (exact) mass is 293 g/mol. The molecule has 0 saturated carbocycles. The second-order valence-corrected chi connectivity index (χ2v) is 5.87. The predicted octanol–water partition coefficient (Wildman–Crippen LogP) is 1.33. The lowest BCUT2D eigenvalue weighted by Gasteiger charge is -2.08. The molecule has 2 N–H and O–H groups in total. The van der Waals surface area contributed by atoms with E-state index in [1.54, 1.807) is 33.0 Å². The Morgan fingerprint density at radius 2 is 1.65 bits per heavy atom. The Morgan fingerprint density at radius 1 is 1.00 bits per heavy atom. The van der Waals surface area contributed by atoms with E-state index in [1.807, 2.05) is 0 Å². The highest BCUT2D eigenvalue weighted by Gasteiger charge is 2.16. The van der Waals surface area contributed by atoms with E-state index in [4.69, 9.17) is 0 Å². The Morgan fingerprint density at radius 3 is 2.20 bits per heavy atom. The molecule has 0 aliphatic rings. The van der Waals surface area contributed by atoms with Crippen molar-refractivity contribution >= 4 is 21.7 Å². The van der Waals surface area contributed by atoms with E-state index in [9.17, 15) is 8.42 Å². The van der Waals surface area contributed by atoms with Gasteiger partial charge in [-0.25, -0.2) is 18.1 Å². The van der Waals surface area contributed by atoms with Gasteiger partial charge in [-0.1, -0.05) is 0 Å². The summed E-state index contributed by atoms with van der Waals surface area (Å²) >= 11 is 0. The quantitative estimate of drug-likeness (QED) is 0.882. The van der Waals surface area contributed by atoms with Gasteiger partial charge in [0, 0.05) is 12.7 Å². The summed E-state index contributed by atoms with van der Waals surface area (Å²) in [4.78, 5) is 4.18. The van der Waals surface area contributed by atoms with E-state index in [-0.39, 0.29) is 10.8 Å². The highest BCUT2D eigenvalue weighted by molar-refractivity contribution is 7.92. The first-order valence-corrected chi connectivity index (χ1v) is 7.39. The summed E-state index contributed by atoms with van der Waals surface area (Å²) in [5, 5.41) is 10.5. The summed E-state index contributed by atoms with van der Waals surface area (Å²) < 4.78 is 26.6. The summed E-state index contributed by atoms with van der Waals surface area (Å²) in [7, 11) is -1.95. The van der Waals surface area contributed by atoms with Crippen LogP contribution in [0.4, 0.5) is 11.6 Å². The second-order valence-electron chi connectivity index (χ2n) is 4.19. The molecule has 1 aromatic heterocycles. The number of hydrogen-bond acceptors (Lipinski definition) is 6. The summed E-state index contributed by atoms with van der Waals surface area (Å²) in [6.07, 6.45) is 0. The van der Waals surface area contributed by atoms with Crippen LogP contribution in [0.2, 0.25) is 0 Å². The number of hydrogen-bond donors (Lipinski definition) is 2. The van der Waals surface area contributed by atoms with Gasteiger partial charge in [0.1, 0.15) is 0 Å². The van der Waals surface area contributed by atoms with Crippen LogP contribution in [0.5, 0.6) is 0 Å². The Hall–Kier alpha value is -2.22. The molecule has 2 rings (SSSR count). The molecule has 0 aliphatic carbocycles. The lowest BCUT2D eigenvalue weighted by Crippen LogP contribution is -2.16. The van der Waals surface area contributed by atoms with Gasteiger partial charge in [-0.15, -0.1) is 5.10 Å². The van der Waals surface area contributed by atoms with Gasteiger partial charge in [-0.2, -0.15) is 5.10 Å². The first-order chi connectivity index (χ1) is 9.42. The van der Waals surface area contributed by atoms with E-state index >= 15 is 0 Å². The zero-order valence-corrected chi connectivity index (χ0v) is 12.2. The van der Waals surface area contributed by atoms with Crippen LogP contribution in [-0.4, -0.2) is 30.6 Å². The van der Waals surface area contributed by atoms with Crippen LogP contribution in [0.15, 0.2) is 29.2 Å². The molecule has 0 aliphatic heterocycles. The van der Waals surface area contributed by atoms with Crippen LogP contribution in [0, 0.1) is 13.8 Å². The van der Waals surface area contributed by atoms with Gasteiger partial charge in [-0.3, -0.25) is 0 Å². The lowest BCUT2D eigenvalue weighted by molar-refractivity contribution is 0.600. The number of nitrogens with zero attached hydrogens (tertiary/aromatic N) is 3. The zero-order valence-electron chi connectivity index (χ0n) is 11.4. The Balaban J connectivity index is 2.27. The van der Waals surface area contributed by atoms with Crippen LogP contribution < -0.4 is 10.0 Å². The molecule has 0 radical (unpaired) electrons. The Labute approximate surface area is 117 Å². The second kappa shape index (κ2) is 5.41. The third kappa shape index (κ3) is 3.02. The SMILES string of the molecule is CNc1ccc(S(=O)(=O)Nc2nnc(C)c(C)n2)cc1. The molecule has 0 unspecified atom stereocenters. The Kier molecular flexibility index (Phi) is 3.84. The number of anilines is 2. The smallest absolute Gasteiger partial charge is 0.264 e. The molecule has 0 saturated heterocycles.